The molecule has 4 rings (SSSR count). The fraction of sp³-hybridized carbons (Fsp3) is 0.0455. The molecule has 0 radical (unpaired) electrons. The van der Waals surface area contributed by atoms with Gasteiger partial charge in [-0.25, -0.2) is 9.18 Å². The summed E-state index contributed by atoms with van der Waals surface area (Å²) < 4.78 is 72.2. The van der Waals surface area contributed by atoms with Crippen molar-refractivity contribution in [2.75, 3.05) is 10.6 Å². The fourth-order valence-corrected chi connectivity index (χ4v) is 3.25. The second-order valence-electron chi connectivity index (χ2n) is 6.85. The first kappa shape index (κ1) is 23.2. The Labute approximate surface area is 193 Å². The third-order valence-corrected chi connectivity index (χ3v) is 4.77. The number of amides is 2. The molecule has 34 heavy (non-hydrogen) atoms. The molecule has 2 amide bonds. The number of nitrogens with zero attached hydrogens (tertiary/aromatic N) is 2. The maximum atomic E-state index is 14.3. The van der Waals surface area contributed by atoms with Gasteiger partial charge in [0.25, 0.3) is 0 Å². The van der Waals surface area contributed by atoms with Crippen LogP contribution in [0.5, 0.6) is 11.5 Å². The average Bonchev–Trinajstić information content (AvgIpc) is 2.76. The Hall–Kier alpha value is -3.99. The van der Waals surface area contributed by atoms with Gasteiger partial charge in [0.15, 0.2) is 11.6 Å². The van der Waals surface area contributed by atoms with Crippen molar-refractivity contribution in [2.24, 2.45) is 0 Å². The van der Waals surface area contributed by atoms with Gasteiger partial charge in [-0.05, 0) is 30.3 Å². The number of anilines is 2. The smallest absolute Gasteiger partial charge is 0.417 e. The van der Waals surface area contributed by atoms with E-state index in [1.807, 2.05) is 0 Å². The number of hydrogen-bond acceptors (Lipinski definition) is 4. The molecule has 0 spiro atoms. The standard InChI is InChI=1S/C22H12ClF5N4O2/c23-15-7-11(1-3-14(15)22(26,27)28)31-21(33)32-12-8-16(24)20(25)19(9-12)34-13-2-4-17-18(10-13)30-6-5-29-17/h1-10H,(H2,31,32,33). The van der Waals surface area contributed by atoms with Crippen LogP contribution in [0.15, 0.2) is 60.9 Å². The topological polar surface area (TPSA) is 76.1 Å². The van der Waals surface area contributed by atoms with Crippen LogP contribution < -0.4 is 15.4 Å². The molecule has 0 bridgehead atoms. The lowest BCUT2D eigenvalue weighted by Crippen LogP contribution is -2.20. The molecule has 3 aromatic carbocycles. The van der Waals surface area contributed by atoms with Crippen molar-refractivity contribution in [2.45, 2.75) is 6.18 Å². The molecule has 0 aliphatic heterocycles. The van der Waals surface area contributed by atoms with Gasteiger partial charge in [0, 0.05) is 42.0 Å². The highest BCUT2D eigenvalue weighted by Gasteiger charge is 2.33. The quantitative estimate of drug-likeness (QED) is 0.299. The second kappa shape index (κ2) is 9.10. The van der Waals surface area contributed by atoms with Crippen LogP contribution in [0, 0.1) is 11.6 Å². The summed E-state index contributed by atoms with van der Waals surface area (Å²) in [7, 11) is 0. The van der Waals surface area contributed by atoms with E-state index in [-0.39, 0.29) is 17.1 Å². The Morgan fingerprint density at radius 1 is 0.882 bits per heavy atom. The zero-order valence-electron chi connectivity index (χ0n) is 16.8. The number of carbonyl (C=O) groups is 1. The number of carbonyl (C=O) groups excluding carboxylic acids is 1. The van der Waals surface area contributed by atoms with Gasteiger partial charge in [-0.3, -0.25) is 9.97 Å². The normalized spacial score (nSPS) is 11.4. The minimum atomic E-state index is -4.66. The number of hydrogen-bond donors (Lipinski definition) is 2. The molecule has 1 aromatic heterocycles. The van der Waals surface area contributed by atoms with Crippen molar-refractivity contribution in [1.29, 1.82) is 0 Å². The molecule has 6 nitrogen and oxygen atoms in total. The van der Waals surface area contributed by atoms with Crippen molar-refractivity contribution in [3.63, 3.8) is 0 Å². The molecule has 1 heterocycles. The predicted octanol–water partition coefficient (Wildman–Crippen LogP) is 7.02. The first-order chi connectivity index (χ1) is 16.1. The van der Waals surface area contributed by atoms with Crippen LogP contribution in [0.3, 0.4) is 0 Å². The number of fused-ring (bicyclic) bond motifs is 1. The van der Waals surface area contributed by atoms with Gasteiger partial charge in [-0.2, -0.15) is 17.6 Å². The van der Waals surface area contributed by atoms with E-state index in [4.69, 9.17) is 16.3 Å². The van der Waals surface area contributed by atoms with E-state index in [1.54, 1.807) is 6.07 Å². The van der Waals surface area contributed by atoms with Crippen LogP contribution in [0.4, 0.5) is 38.1 Å². The summed E-state index contributed by atoms with van der Waals surface area (Å²) in [4.78, 5) is 20.4. The third-order valence-electron chi connectivity index (χ3n) is 4.45. The highest BCUT2D eigenvalue weighted by molar-refractivity contribution is 6.31. The van der Waals surface area contributed by atoms with Crippen molar-refractivity contribution in [3.8, 4) is 11.5 Å². The zero-order chi connectivity index (χ0) is 24.5. The Morgan fingerprint density at radius 3 is 2.29 bits per heavy atom. The van der Waals surface area contributed by atoms with Gasteiger partial charge in [-0.15, -0.1) is 0 Å². The number of nitrogens with one attached hydrogen (secondary N) is 2. The summed E-state index contributed by atoms with van der Waals surface area (Å²) in [6.45, 7) is 0. The molecule has 0 saturated heterocycles. The van der Waals surface area contributed by atoms with E-state index in [9.17, 15) is 26.7 Å². The van der Waals surface area contributed by atoms with E-state index >= 15 is 0 Å². The van der Waals surface area contributed by atoms with Crippen molar-refractivity contribution >= 4 is 40.0 Å². The lowest BCUT2D eigenvalue weighted by Gasteiger charge is -2.13. The van der Waals surface area contributed by atoms with E-state index in [2.05, 4.69) is 20.6 Å². The molecule has 0 saturated carbocycles. The highest BCUT2D eigenvalue weighted by Crippen LogP contribution is 2.36. The lowest BCUT2D eigenvalue weighted by molar-refractivity contribution is -0.137. The molecule has 12 heteroatoms. The predicted molar refractivity (Wildman–Crippen MR) is 115 cm³/mol. The van der Waals surface area contributed by atoms with E-state index in [0.29, 0.717) is 23.2 Å². The Morgan fingerprint density at radius 2 is 1.59 bits per heavy atom. The summed E-state index contributed by atoms with van der Waals surface area (Å²) in [6.07, 6.45) is -1.70. The average molecular weight is 495 g/mol. The first-order valence-electron chi connectivity index (χ1n) is 9.42. The minimum absolute atomic E-state index is 0.0492. The second-order valence-corrected chi connectivity index (χ2v) is 7.26. The fourth-order valence-electron chi connectivity index (χ4n) is 2.96. The number of urea groups is 1. The van der Waals surface area contributed by atoms with Gasteiger partial charge >= 0.3 is 12.2 Å². The number of aromatic nitrogens is 2. The maximum absolute atomic E-state index is 14.3. The summed E-state index contributed by atoms with van der Waals surface area (Å²) in [5.41, 5.74) is -0.263. The van der Waals surface area contributed by atoms with E-state index in [1.165, 1.54) is 24.5 Å². The van der Waals surface area contributed by atoms with Crippen molar-refractivity contribution < 1.29 is 31.5 Å². The molecule has 2 N–H and O–H groups in total. The summed E-state index contributed by atoms with van der Waals surface area (Å²) >= 11 is 5.62. The molecule has 174 valence electrons. The Balaban J connectivity index is 1.51. The first-order valence-corrected chi connectivity index (χ1v) is 9.80. The molecular weight excluding hydrogens is 483 g/mol. The zero-order valence-corrected chi connectivity index (χ0v) is 17.5. The van der Waals surface area contributed by atoms with Crippen LogP contribution in [0.25, 0.3) is 11.0 Å². The minimum Gasteiger partial charge on any atom is -0.454 e. The molecular formula is C22H12ClF5N4O2. The van der Waals surface area contributed by atoms with Crippen LogP contribution in [-0.4, -0.2) is 16.0 Å². The van der Waals surface area contributed by atoms with E-state index in [0.717, 1.165) is 18.2 Å². The summed E-state index contributed by atoms with van der Waals surface area (Å²) in [5.74, 6) is -2.96. The number of halogens is 6. The molecule has 0 unspecified atom stereocenters. The van der Waals surface area contributed by atoms with Crippen LogP contribution in [0.2, 0.25) is 5.02 Å². The number of rotatable bonds is 4. The summed E-state index contributed by atoms with van der Waals surface area (Å²) in [5, 5.41) is 3.90. The number of ether oxygens (including phenoxy) is 1. The van der Waals surface area contributed by atoms with Gasteiger partial charge in [0.1, 0.15) is 5.75 Å². The molecule has 0 aliphatic rings. The Kier molecular flexibility index (Phi) is 6.20. The van der Waals surface area contributed by atoms with Gasteiger partial charge in [0.2, 0.25) is 5.82 Å². The summed E-state index contributed by atoms with van der Waals surface area (Å²) in [6, 6.07) is 7.96. The molecule has 0 fully saturated rings. The van der Waals surface area contributed by atoms with Gasteiger partial charge in [-0.1, -0.05) is 11.6 Å². The van der Waals surface area contributed by atoms with Crippen LogP contribution >= 0.6 is 11.6 Å². The third kappa shape index (κ3) is 5.15. The van der Waals surface area contributed by atoms with Gasteiger partial charge in [0.05, 0.1) is 21.6 Å². The van der Waals surface area contributed by atoms with Crippen LogP contribution in [0.1, 0.15) is 5.56 Å². The largest absolute Gasteiger partial charge is 0.454 e. The van der Waals surface area contributed by atoms with Crippen LogP contribution in [-0.2, 0) is 6.18 Å². The monoisotopic (exact) mass is 494 g/mol. The molecule has 0 atom stereocenters. The Bertz CT molecular complexity index is 1400. The number of benzene rings is 3. The van der Waals surface area contributed by atoms with Gasteiger partial charge < -0.3 is 15.4 Å². The molecule has 0 aliphatic carbocycles. The van der Waals surface area contributed by atoms with Crippen molar-refractivity contribution in [3.05, 3.63) is 83.1 Å². The highest BCUT2D eigenvalue weighted by atomic mass is 35.5. The SMILES string of the molecule is O=C(Nc1ccc(C(F)(F)F)c(Cl)c1)Nc1cc(F)c(F)c(Oc2ccc3nccnc3c2)c1. The van der Waals surface area contributed by atoms with E-state index < -0.39 is 40.2 Å². The molecule has 4 aromatic rings. The van der Waals surface area contributed by atoms with Crippen molar-refractivity contribution in [1.82, 2.24) is 9.97 Å². The lowest BCUT2D eigenvalue weighted by atomic mass is 10.2. The maximum Gasteiger partial charge on any atom is 0.417 e. The number of alkyl halides is 3.